The number of carbonyl (C=O) groups is 4. The van der Waals surface area contributed by atoms with Gasteiger partial charge in [-0.05, 0) is 103 Å². The van der Waals surface area contributed by atoms with E-state index in [-0.39, 0.29) is 50.1 Å². The molecule has 3 amide bonds. The Labute approximate surface area is 322 Å². The van der Waals surface area contributed by atoms with E-state index in [1.807, 2.05) is 57.2 Å². The van der Waals surface area contributed by atoms with E-state index in [4.69, 9.17) is 47.0 Å². The third-order valence-electron chi connectivity index (χ3n) is 8.01. The summed E-state index contributed by atoms with van der Waals surface area (Å²) in [6, 6.07) is 14.4. The molecule has 2 aromatic carbocycles. The summed E-state index contributed by atoms with van der Waals surface area (Å²) >= 11 is 11.9. The lowest BCUT2D eigenvalue weighted by molar-refractivity contribution is -0.187. The third kappa shape index (κ3) is 14.1. The fraction of sp³-hybridized carbons (Fsp3) is 0.538. The summed E-state index contributed by atoms with van der Waals surface area (Å²) in [6.45, 7) is 13.1. The van der Waals surface area contributed by atoms with Gasteiger partial charge in [0.15, 0.2) is 6.10 Å². The van der Waals surface area contributed by atoms with Gasteiger partial charge in [-0.1, -0.05) is 53.4 Å². The highest BCUT2D eigenvalue weighted by Crippen LogP contribution is 2.23. The van der Waals surface area contributed by atoms with Crippen LogP contribution in [-0.4, -0.2) is 115 Å². The van der Waals surface area contributed by atoms with Crippen LogP contribution in [0.2, 0.25) is 10.0 Å². The maximum absolute atomic E-state index is 12.7. The Hall–Kier alpha value is -3.86. The minimum atomic E-state index is -0.802. The van der Waals surface area contributed by atoms with E-state index in [9.17, 15) is 19.2 Å². The van der Waals surface area contributed by atoms with E-state index >= 15 is 0 Å². The number of benzene rings is 2. The minimum Gasteiger partial charge on any atom is -0.444 e. The van der Waals surface area contributed by atoms with Crippen molar-refractivity contribution in [1.29, 1.82) is 0 Å². The molecule has 4 rings (SSSR count). The smallest absolute Gasteiger partial charge is 0.410 e. The van der Waals surface area contributed by atoms with Crippen molar-refractivity contribution in [3.05, 3.63) is 69.7 Å². The number of Topliss-reactive ketones (excluding diaryl/α,β-unsaturated/α-hetero) is 1. The molecule has 2 fully saturated rings. The molecular formula is C39H51Cl2N3O9. The Morgan fingerprint density at radius 3 is 1.53 bits per heavy atom. The molecule has 290 valence electrons. The average molecular weight is 777 g/mol. The molecule has 53 heavy (non-hydrogen) atoms. The normalized spacial score (nSPS) is 20.2. The lowest BCUT2D eigenvalue weighted by Crippen LogP contribution is -2.57. The molecule has 0 radical (unpaired) electrons. The fourth-order valence-electron chi connectivity index (χ4n) is 5.41. The number of halogens is 2. The van der Waals surface area contributed by atoms with Gasteiger partial charge >= 0.3 is 12.2 Å². The molecule has 2 heterocycles. The van der Waals surface area contributed by atoms with Gasteiger partial charge in [0.2, 0.25) is 5.78 Å². The number of ether oxygens (including phenoxy) is 4. The van der Waals surface area contributed by atoms with Crippen molar-refractivity contribution < 1.29 is 43.0 Å². The maximum Gasteiger partial charge on any atom is 0.410 e. The Bertz CT molecular complexity index is 1610. The number of morpholine rings is 2. The van der Waals surface area contributed by atoms with Crippen LogP contribution < -0.4 is 0 Å². The second-order valence-electron chi connectivity index (χ2n) is 14.6. The number of nitrogens with zero attached hydrogens (tertiary/aromatic N) is 3. The third-order valence-corrected chi connectivity index (χ3v) is 8.52. The van der Waals surface area contributed by atoms with Gasteiger partial charge in [0, 0.05) is 17.1 Å². The summed E-state index contributed by atoms with van der Waals surface area (Å²) in [5.74, 6) is 4.38. The van der Waals surface area contributed by atoms with Crippen LogP contribution >= 0.6 is 23.2 Å². The number of amides is 3. The second kappa shape index (κ2) is 19.5. The summed E-state index contributed by atoms with van der Waals surface area (Å²) in [7, 11) is 2.90. The molecule has 2 aromatic rings. The number of likely N-dealkylation sites (N-methyl/N-ethyl adjacent to an activating group) is 1. The van der Waals surface area contributed by atoms with Gasteiger partial charge < -0.3 is 18.9 Å². The molecule has 0 aromatic heterocycles. The van der Waals surface area contributed by atoms with Crippen LogP contribution in [0.4, 0.5) is 9.59 Å². The number of rotatable bonds is 7. The molecule has 0 aliphatic carbocycles. The summed E-state index contributed by atoms with van der Waals surface area (Å²) in [5.41, 5.74) is 0.779. The van der Waals surface area contributed by atoms with Crippen LogP contribution in [0.15, 0.2) is 48.5 Å². The zero-order valence-electron chi connectivity index (χ0n) is 31.9. The number of hydrogen-bond acceptors (Lipinski definition) is 9. The Morgan fingerprint density at radius 1 is 0.755 bits per heavy atom. The van der Waals surface area contributed by atoms with Crippen molar-refractivity contribution in [2.75, 3.05) is 40.5 Å². The highest BCUT2D eigenvalue weighted by atomic mass is 35.5. The largest absolute Gasteiger partial charge is 0.444 e. The van der Waals surface area contributed by atoms with Crippen LogP contribution in [0.5, 0.6) is 0 Å². The first kappa shape index (κ1) is 43.5. The SMILES string of the molecule is CC#CC(=O)[C@H]1CN(C(=O)OC(C)(C)C)[C@@H](Cc2ccc(Cl)cc2)CO1.CON(C)C(=O)[C@H]1CN(C(=O)OC(C)(C)C)[C@@H](Cc2ccc(Cl)cc2)CO1. The molecule has 0 N–H and O–H groups in total. The van der Waals surface area contributed by atoms with Gasteiger partial charge in [0.1, 0.15) is 17.3 Å². The lowest BCUT2D eigenvalue weighted by atomic mass is 10.0. The van der Waals surface area contributed by atoms with Gasteiger partial charge in [0.05, 0.1) is 45.5 Å². The molecule has 0 spiro atoms. The van der Waals surface area contributed by atoms with Crippen molar-refractivity contribution in [2.24, 2.45) is 0 Å². The molecule has 4 atom stereocenters. The average Bonchev–Trinajstić information content (AvgIpc) is 3.08. The first-order valence-electron chi connectivity index (χ1n) is 17.3. The predicted molar refractivity (Wildman–Crippen MR) is 201 cm³/mol. The summed E-state index contributed by atoms with van der Waals surface area (Å²) in [4.78, 5) is 57.9. The molecule has 2 aliphatic rings. The highest BCUT2D eigenvalue weighted by Gasteiger charge is 2.39. The van der Waals surface area contributed by atoms with Crippen LogP contribution in [-0.2, 0) is 46.2 Å². The predicted octanol–water partition coefficient (Wildman–Crippen LogP) is 6.39. The van der Waals surface area contributed by atoms with Gasteiger partial charge in [-0.25, -0.2) is 14.7 Å². The fourth-order valence-corrected chi connectivity index (χ4v) is 5.66. The molecule has 0 saturated carbocycles. The van der Waals surface area contributed by atoms with E-state index in [0.717, 1.165) is 16.2 Å². The topological polar surface area (TPSA) is 124 Å². The molecule has 0 unspecified atom stereocenters. The molecule has 2 aliphatic heterocycles. The van der Waals surface area contributed by atoms with Gasteiger partial charge in [-0.2, -0.15) is 0 Å². The van der Waals surface area contributed by atoms with E-state index < -0.39 is 35.6 Å². The van der Waals surface area contributed by atoms with Gasteiger partial charge in [0.25, 0.3) is 5.91 Å². The maximum atomic E-state index is 12.7. The first-order chi connectivity index (χ1) is 24.8. The zero-order chi connectivity index (χ0) is 39.5. The van der Waals surface area contributed by atoms with E-state index in [0.29, 0.717) is 22.9 Å². The first-order valence-corrected chi connectivity index (χ1v) is 18.1. The zero-order valence-corrected chi connectivity index (χ0v) is 33.5. The molecule has 14 heteroatoms. The standard InChI is InChI=1S/C20H24ClNO4.C19H27ClN2O5/c1-5-6-17(23)18-12-22(19(24)26-20(2,3)4)16(13-25-18)11-14-7-9-15(21)10-8-14;1-19(2,3)27-18(24)22-11-16(17(23)21(4)25-5)26-12-15(22)10-13-6-8-14(20)9-7-13/h7-10,16,18H,11-13H2,1-4H3;6-9,15-16H,10-12H2,1-5H3/t16-,18+;15-,16+/m00/s1. The number of hydroxylamine groups is 2. The number of carbonyl (C=O) groups excluding carboxylic acids is 4. The van der Waals surface area contributed by atoms with Gasteiger partial charge in [-0.15, -0.1) is 0 Å². The molecular weight excluding hydrogens is 725 g/mol. The number of hydrogen-bond donors (Lipinski definition) is 0. The summed E-state index contributed by atoms with van der Waals surface area (Å²) in [6.07, 6.45) is -1.33. The van der Waals surface area contributed by atoms with Crippen molar-refractivity contribution >= 4 is 47.1 Å². The second-order valence-corrected chi connectivity index (χ2v) is 15.5. The Balaban J connectivity index is 0.000000286. The quantitative estimate of drug-likeness (QED) is 0.179. The molecule has 0 bridgehead atoms. The van der Waals surface area contributed by atoms with E-state index in [2.05, 4.69) is 11.8 Å². The van der Waals surface area contributed by atoms with E-state index in [1.165, 1.54) is 14.2 Å². The van der Waals surface area contributed by atoms with Gasteiger partial charge in [-0.3, -0.25) is 24.2 Å². The molecule has 12 nitrogen and oxygen atoms in total. The lowest BCUT2D eigenvalue weighted by Gasteiger charge is -2.40. The van der Waals surface area contributed by atoms with E-state index in [1.54, 1.807) is 49.6 Å². The Kier molecular flexibility index (Phi) is 16.0. The van der Waals surface area contributed by atoms with Crippen LogP contribution in [0.1, 0.15) is 59.6 Å². The van der Waals surface area contributed by atoms with Crippen LogP contribution in [0.3, 0.4) is 0 Å². The monoisotopic (exact) mass is 775 g/mol. The molecule has 2 saturated heterocycles. The minimum absolute atomic E-state index is 0.0969. The van der Waals surface area contributed by atoms with Crippen molar-refractivity contribution in [3.8, 4) is 11.8 Å². The highest BCUT2D eigenvalue weighted by molar-refractivity contribution is 6.30. The van der Waals surface area contributed by atoms with Crippen molar-refractivity contribution in [2.45, 2.75) is 96.8 Å². The summed E-state index contributed by atoms with van der Waals surface area (Å²) < 4.78 is 22.5. The number of ketones is 1. The van der Waals surface area contributed by atoms with Crippen molar-refractivity contribution in [1.82, 2.24) is 14.9 Å². The van der Waals surface area contributed by atoms with Crippen LogP contribution in [0.25, 0.3) is 0 Å². The Morgan fingerprint density at radius 2 is 1.15 bits per heavy atom. The summed E-state index contributed by atoms with van der Waals surface area (Å²) in [5, 5.41) is 2.40. The van der Waals surface area contributed by atoms with Crippen LogP contribution in [0, 0.1) is 11.8 Å². The van der Waals surface area contributed by atoms with Crippen molar-refractivity contribution in [3.63, 3.8) is 0 Å².